The first-order valence-electron chi connectivity index (χ1n) is 8.33. The van der Waals surface area contributed by atoms with Crippen LogP contribution in [0.2, 0.25) is 10.0 Å². The summed E-state index contributed by atoms with van der Waals surface area (Å²) in [6.45, 7) is 1.58. The molecule has 8 heteroatoms. The molecular weight excluding hydrogens is 403 g/mol. The molecule has 2 aromatic rings. The summed E-state index contributed by atoms with van der Waals surface area (Å²) >= 11 is 12.1. The van der Waals surface area contributed by atoms with Crippen molar-refractivity contribution in [3.05, 3.63) is 63.6 Å². The van der Waals surface area contributed by atoms with Crippen molar-refractivity contribution in [2.75, 3.05) is 13.7 Å². The normalized spacial score (nSPS) is 11.9. The van der Waals surface area contributed by atoms with Crippen molar-refractivity contribution < 1.29 is 19.1 Å². The number of primary amides is 1. The topological polar surface area (TPSA) is 90.7 Å². The van der Waals surface area contributed by atoms with E-state index in [2.05, 4.69) is 5.32 Å². The van der Waals surface area contributed by atoms with E-state index in [1.54, 1.807) is 42.5 Å². The van der Waals surface area contributed by atoms with Gasteiger partial charge in [0.05, 0.1) is 13.2 Å². The van der Waals surface area contributed by atoms with Crippen LogP contribution in [0.1, 0.15) is 24.1 Å². The first kappa shape index (κ1) is 21.6. The van der Waals surface area contributed by atoms with E-state index in [1.165, 1.54) is 13.2 Å². The van der Waals surface area contributed by atoms with Crippen molar-refractivity contribution in [1.29, 1.82) is 0 Å². The molecule has 1 atom stereocenters. The molecule has 0 heterocycles. The van der Waals surface area contributed by atoms with Gasteiger partial charge in [-0.05, 0) is 48.4 Å². The predicted octanol–water partition coefficient (Wildman–Crippen LogP) is 3.76. The van der Waals surface area contributed by atoms with E-state index >= 15 is 0 Å². The van der Waals surface area contributed by atoms with E-state index in [9.17, 15) is 9.59 Å². The number of carbonyl (C=O) groups is 2. The SMILES string of the molecule is COc1cc(/C=C/C(=O)NC(C)c2ccc(Cl)cc2Cl)ccc1OCC(N)=O. The van der Waals surface area contributed by atoms with Crippen LogP contribution in [0.25, 0.3) is 6.08 Å². The maximum absolute atomic E-state index is 12.2. The largest absolute Gasteiger partial charge is 0.493 e. The van der Waals surface area contributed by atoms with Gasteiger partial charge in [-0.3, -0.25) is 9.59 Å². The zero-order valence-corrected chi connectivity index (χ0v) is 16.9. The highest BCUT2D eigenvalue weighted by molar-refractivity contribution is 6.35. The lowest BCUT2D eigenvalue weighted by Gasteiger charge is -2.14. The summed E-state index contributed by atoms with van der Waals surface area (Å²) < 4.78 is 10.5. The second kappa shape index (κ2) is 10.0. The molecule has 6 nitrogen and oxygen atoms in total. The Morgan fingerprint density at radius 2 is 1.93 bits per heavy atom. The van der Waals surface area contributed by atoms with Gasteiger partial charge < -0.3 is 20.5 Å². The molecule has 0 aliphatic carbocycles. The minimum absolute atomic E-state index is 0.251. The fourth-order valence-corrected chi connectivity index (χ4v) is 2.99. The monoisotopic (exact) mass is 422 g/mol. The molecular formula is C20H20Cl2N2O4. The zero-order chi connectivity index (χ0) is 20.7. The molecule has 28 heavy (non-hydrogen) atoms. The first-order valence-corrected chi connectivity index (χ1v) is 9.08. The lowest BCUT2D eigenvalue weighted by Crippen LogP contribution is -2.24. The third kappa shape index (κ3) is 6.18. The number of amides is 2. The smallest absolute Gasteiger partial charge is 0.255 e. The van der Waals surface area contributed by atoms with E-state index in [-0.39, 0.29) is 18.6 Å². The van der Waals surface area contributed by atoms with Crippen molar-refractivity contribution in [2.24, 2.45) is 5.73 Å². The van der Waals surface area contributed by atoms with Gasteiger partial charge in [0.25, 0.3) is 5.91 Å². The number of ether oxygens (including phenoxy) is 2. The maximum atomic E-state index is 12.2. The van der Waals surface area contributed by atoms with Crippen molar-refractivity contribution in [3.63, 3.8) is 0 Å². The molecule has 0 aliphatic heterocycles. The summed E-state index contributed by atoms with van der Waals surface area (Å²) in [5.41, 5.74) is 6.55. The molecule has 2 aromatic carbocycles. The van der Waals surface area contributed by atoms with E-state index in [4.69, 9.17) is 38.4 Å². The summed E-state index contributed by atoms with van der Waals surface area (Å²) in [6.07, 6.45) is 3.03. The Morgan fingerprint density at radius 1 is 1.18 bits per heavy atom. The van der Waals surface area contributed by atoms with Crippen LogP contribution >= 0.6 is 23.2 Å². The zero-order valence-electron chi connectivity index (χ0n) is 15.4. The van der Waals surface area contributed by atoms with Gasteiger partial charge in [0, 0.05) is 16.1 Å². The van der Waals surface area contributed by atoms with Crippen molar-refractivity contribution >= 4 is 41.1 Å². The highest BCUT2D eigenvalue weighted by Gasteiger charge is 2.12. The van der Waals surface area contributed by atoms with Gasteiger partial charge in [-0.2, -0.15) is 0 Å². The molecule has 0 fully saturated rings. The van der Waals surface area contributed by atoms with Crippen LogP contribution in [0.4, 0.5) is 0 Å². The molecule has 3 N–H and O–H groups in total. The highest BCUT2D eigenvalue weighted by atomic mass is 35.5. The summed E-state index contributed by atoms with van der Waals surface area (Å²) in [4.78, 5) is 23.0. The minimum Gasteiger partial charge on any atom is -0.493 e. The van der Waals surface area contributed by atoms with Crippen LogP contribution in [0, 0.1) is 0 Å². The van der Waals surface area contributed by atoms with Gasteiger partial charge in [0.1, 0.15) is 0 Å². The van der Waals surface area contributed by atoms with Crippen LogP contribution in [-0.4, -0.2) is 25.5 Å². The van der Waals surface area contributed by atoms with Gasteiger partial charge >= 0.3 is 0 Å². The van der Waals surface area contributed by atoms with Crippen molar-refractivity contribution in [2.45, 2.75) is 13.0 Å². The van der Waals surface area contributed by atoms with Gasteiger partial charge in [-0.15, -0.1) is 0 Å². The Morgan fingerprint density at radius 3 is 2.57 bits per heavy atom. The fraction of sp³-hybridized carbons (Fsp3) is 0.200. The Kier molecular flexibility index (Phi) is 7.72. The van der Waals surface area contributed by atoms with Crippen LogP contribution in [0.5, 0.6) is 11.5 Å². The number of nitrogens with two attached hydrogens (primary N) is 1. The van der Waals surface area contributed by atoms with Crippen molar-refractivity contribution in [1.82, 2.24) is 5.32 Å². The van der Waals surface area contributed by atoms with E-state index in [0.29, 0.717) is 21.5 Å². The van der Waals surface area contributed by atoms with E-state index < -0.39 is 5.91 Å². The molecule has 2 amide bonds. The van der Waals surface area contributed by atoms with Crippen molar-refractivity contribution in [3.8, 4) is 11.5 Å². The summed E-state index contributed by atoms with van der Waals surface area (Å²) in [7, 11) is 1.48. The van der Waals surface area contributed by atoms with E-state index in [0.717, 1.165) is 11.1 Å². The number of hydrogen-bond donors (Lipinski definition) is 2. The Bertz CT molecular complexity index is 900. The number of hydrogen-bond acceptors (Lipinski definition) is 4. The Balaban J connectivity index is 2.03. The fourth-order valence-electron chi connectivity index (χ4n) is 2.42. The van der Waals surface area contributed by atoms with E-state index in [1.807, 2.05) is 6.92 Å². The van der Waals surface area contributed by atoms with Crippen LogP contribution < -0.4 is 20.5 Å². The summed E-state index contributed by atoms with van der Waals surface area (Å²) in [5, 5.41) is 3.86. The molecule has 2 rings (SSSR count). The lowest BCUT2D eigenvalue weighted by molar-refractivity contribution is -0.120. The molecule has 0 aliphatic rings. The van der Waals surface area contributed by atoms with Crippen LogP contribution in [0.15, 0.2) is 42.5 Å². The number of halogens is 2. The number of methoxy groups -OCH3 is 1. The summed E-state index contributed by atoms with van der Waals surface area (Å²) in [6, 6.07) is 9.87. The molecule has 0 aromatic heterocycles. The second-order valence-electron chi connectivity index (χ2n) is 5.89. The van der Waals surface area contributed by atoms with Gasteiger partial charge in [0.15, 0.2) is 18.1 Å². The molecule has 0 bridgehead atoms. The maximum Gasteiger partial charge on any atom is 0.255 e. The number of rotatable bonds is 8. The lowest BCUT2D eigenvalue weighted by atomic mass is 10.1. The third-order valence-corrected chi connectivity index (χ3v) is 4.33. The van der Waals surface area contributed by atoms with Gasteiger partial charge in [-0.25, -0.2) is 0 Å². The molecule has 0 saturated heterocycles. The molecule has 0 saturated carbocycles. The summed E-state index contributed by atoms with van der Waals surface area (Å²) in [5.74, 6) is -0.0665. The second-order valence-corrected chi connectivity index (χ2v) is 6.74. The predicted molar refractivity (Wildman–Crippen MR) is 110 cm³/mol. The molecule has 0 radical (unpaired) electrons. The van der Waals surface area contributed by atoms with Gasteiger partial charge in [-0.1, -0.05) is 35.3 Å². The quantitative estimate of drug-likeness (QED) is 0.633. The third-order valence-electron chi connectivity index (χ3n) is 3.77. The average molecular weight is 423 g/mol. The average Bonchev–Trinajstić information content (AvgIpc) is 2.64. The molecule has 1 unspecified atom stereocenters. The standard InChI is InChI=1S/C20H20Cl2N2O4/c1-12(15-6-5-14(21)10-16(15)22)24-20(26)8-4-13-3-7-17(18(9-13)27-2)28-11-19(23)25/h3-10,12H,11H2,1-2H3,(H2,23,25)(H,24,26)/b8-4+. The first-order chi connectivity index (χ1) is 13.3. The van der Waals surface area contributed by atoms with Crippen LogP contribution in [0.3, 0.4) is 0 Å². The minimum atomic E-state index is -0.586. The number of carbonyl (C=O) groups excluding carboxylic acids is 2. The highest BCUT2D eigenvalue weighted by Crippen LogP contribution is 2.29. The number of nitrogens with one attached hydrogen (secondary N) is 1. The van der Waals surface area contributed by atoms with Crippen LogP contribution in [-0.2, 0) is 9.59 Å². The Labute approximate surface area is 173 Å². The molecule has 148 valence electrons. The van der Waals surface area contributed by atoms with Gasteiger partial charge in [0.2, 0.25) is 5.91 Å². The molecule has 0 spiro atoms. The Hall–Kier alpha value is -2.70. The number of benzene rings is 2.